The Morgan fingerprint density at radius 2 is 1.35 bits per heavy atom. The van der Waals surface area contributed by atoms with Crippen LogP contribution in [0.4, 0.5) is 11.4 Å². The van der Waals surface area contributed by atoms with Gasteiger partial charge in [-0.15, -0.1) is 9.24 Å². The molecule has 1 nitrogen and oxygen atoms in total. The minimum atomic E-state index is 0.507. The summed E-state index contributed by atoms with van der Waals surface area (Å²) < 4.78 is 0. The largest absolute Gasteiger partial charge is 0.355 e. The van der Waals surface area contributed by atoms with E-state index in [9.17, 15) is 0 Å². The van der Waals surface area contributed by atoms with E-state index in [1.807, 2.05) is 0 Å². The van der Waals surface area contributed by atoms with Crippen LogP contribution < -0.4 is 10.6 Å². The van der Waals surface area contributed by atoms with Gasteiger partial charge in [-0.1, -0.05) is 64.1 Å². The van der Waals surface area contributed by atoms with Crippen molar-refractivity contribution in [2.75, 3.05) is 5.32 Å². The first-order valence-corrected chi connectivity index (χ1v) is 7.82. The van der Waals surface area contributed by atoms with Gasteiger partial charge in [0.25, 0.3) is 0 Å². The molecular formula is C18H24NP. The van der Waals surface area contributed by atoms with Gasteiger partial charge in [-0.2, -0.15) is 0 Å². The lowest BCUT2D eigenvalue weighted by molar-refractivity contribution is 0.838. The van der Waals surface area contributed by atoms with Crippen LogP contribution in [-0.4, -0.2) is 0 Å². The summed E-state index contributed by atoms with van der Waals surface area (Å²) in [4.78, 5) is 0. The van der Waals surface area contributed by atoms with Crippen molar-refractivity contribution in [1.29, 1.82) is 0 Å². The van der Waals surface area contributed by atoms with E-state index in [1.165, 1.54) is 22.1 Å². The molecule has 0 aliphatic rings. The molecule has 0 aliphatic heterocycles. The summed E-state index contributed by atoms with van der Waals surface area (Å²) >= 11 is 0. The predicted octanol–water partition coefficient (Wildman–Crippen LogP) is 5.18. The van der Waals surface area contributed by atoms with Gasteiger partial charge in [-0.05, 0) is 34.3 Å². The molecule has 0 saturated heterocycles. The van der Waals surface area contributed by atoms with Gasteiger partial charge in [-0.25, -0.2) is 0 Å². The minimum Gasteiger partial charge on any atom is -0.355 e. The average molecular weight is 285 g/mol. The second-order valence-corrected chi connectivity index (χ2v) is 6.46. The first-order chi connectivity index (χ1) is 9.50. The fourth-order valence-electron chi connectivity index (χ4n) is 2.44. The Labute approximate surface area is 125 Å². The molecule has 0 amide bonds. The topological polar surface area (TPSA) is 12.0 Å². The van der Waals surface area contributed by atoms with Crippen LogP contribution in [0.2, 0.25) is 0 Å². The number of nitrogens with one attached hydrogen (secondary N) is 1. The Balaban J connectivity index is 2.51. The Hall–Kier alpha value is -1.33. The normalized spacial score (nSPS) is 11.2. The maximum absolute atomic E-state index is 3.65. The zero-order valence-corrected chi connectivity index (χ0v) is 13.9. The molecule has 106 valence electrons. The first-order valence-electron chi connectivity index (χ1n) is 7.25. The van der Waals surface area contributed by atoms with Gasteiger partial charge in [0.05, 0.1) is 0 Å². The molecule has 0 fully saturated rings. The van der Waals surface area contributed by atoms with Crippen LogP contribution in [0.25, 0.3) is 0 Å². The average Bonchev–Trinajstić information content (AvgIpc) is 2.41. The number of para-hydroxylation sites is 2. The van der Waals surface area contributed by atoms with Crippen LogP contribution in [0.1, 0.15) is 50.7 Å². The number of rotatable bonds is 4. The summed E-state index contributed by atoms with van der Waals surface area (Å²) in [5.74, 6) is 1.01. The van der Waals surface area contributed by atoms with Gasteiger partial charge >= 0.3 is 0 Å². The number of hydrogen-bond acceptors (Lipinski definition) is 1. The second kappa shape index (κ2) is 6.41. The summed E-state index contributed by atoms with van der Waals surface area (Å²) in [5.41, 5.74) is 5.19. The fraction of sp³-hybridized carbons (Fsp3) is 0.333. The van der Waals surface area contributed by atoms with Crippen LogP contribution in [-0.2, 0) is 0 Å². The zero-order chi connectivity index (χ0) is 14.7. The highest BCUT2D eigenvalue weighted by molar-refractivity contribution is 7.28. The van der Waals surface area contributed by atoms with E-state index in [-0.39, 0.29) is 0 Å². The monoisotopic (exact) mass is 285 g/mol. The summed E-state index contributed by atoms with van der Waals surface area (Å²) in [6, 6.07) is 15.0. The van der Waals surface area contributed by atoms with Crippen molar-refractivity contribution >= 4 is 25.9 Å². The van der Waals surface area contributed by atoms with E-state index in [2.05, 4.69) is 84.7 Å². The lowest BCUT2D eigenvalue weighted by atomic mass is 9.92. The summed E-state index contributed by atoms with van der Waals surface area (Å²) in [7, 11) is 2.80. The molecule has 1 unspecified atom stereocenters. The van der Waals surface area contributed by atoms with E-state index in [4.69, 9.17) is 0 Å². The third kappa shape index (κ3) is 3.22. The van der Waals surface area contributed by atoms with E-state index in [0.29, 0.717) is 11.8 Å². The van der Waals surface area contributed by atoms with Gasteiger partial charge in [0.2, 0.25) is 0 Å². The molecule has 0 heterocycles. The van der Waals surface area contributed by atoms with Gasteiger partial charge in [-0.3, -0.25) is 0 Å². The van der Waals surface area contributed by atoms with Gasteiger partial charge in [0, 0.05) is 11.4 Å². The smallest absolute Gasteiger partial charge is 0.0457 e. The van der Waals surface area contributed by atoms with Crippen LogP contribution in [0.3, 0.4) is 0 Å². The van der Waals surface area contributed by atoms with E-state index >= 15 is 0 Å². The molecule has 2 aromatic carbocycles. The second-order valence-electron chi connectivity index (χ2n) is 5.83. The molecule has 2 aromatic rings. The third-order valence-corrected chi connectivity index (χ3v) is 4.10. The third-order valence-electron chi connectivity index (χ3n) is 3.59. The first kappa shape index (κ1) is 15.1. The van der Waals surface area contributed by atoms with Crippen molar-refractivity contribution in [3.8, 4) is 0 Å². The lowest BCUT2D eigenvalue weighted by Gasteiger charge is -2.21. The predicted molar refractivity (Wildman–Crippen MR) is 93.7 cm³/mol. The zero-order valence-electron chi connectivity index (χ0n) is 12.8. The molecule has 0 saturated carbocycles. The van der Waals surface area contributed by atoms with Crippen molar-refractivity contribution in [2.24, 2.45) is 0 Å². The van der Waals surface area contributed by atoms with Gasteiger partial charge in [0.1, 0.15) is 0 Å². The quantitative estimate of drug-likeness (QED) is 0.763. The molecule has 1 N–H and O–H groups in total. The van der Waals surface area contributed by atoms with Crippen molar-refractivity contribution < 1.29 is 0 Å². The maximum atomic E-state index is 3.65. The highest BCUT2D eigenvalue weighted by Crippen LogP contribution is 2.34. The highest BCUT2D eigenvalue weighted by Gasteiger charge is 2.14. The Kier molecular flexibility index (Phi) is 4.83. The van der Waals surface area contributed by atoms with Gasteiger partial charge < -0.3 is 5.32 Å². The number of benzene rings is 2. The van der Waals surface area contributed by atoms with Crippen molar-refractivity contribution in [3.63, 3.8) is 0 Å². The Bertz CT molecular complexity index is 561. The molecule has 0 bridgehead atoms. The Morgan fingerprint density at radius 3 is 1.85 bits per heavy atom. The summed E-state index contributed by atoms with van der Waals surface area (Å²) in [6.07, 6.45) is 0. The van der Waals surface area contributed by atoms with E-state index in [1.54, 1.807) is 0 Å². The number of hydrogen-bond donors (Lipinski definition) is 1. The summed E-state index contributed by atoms with van der Waals surface area (Å²) in [6.45, 7) is 8.99. The van der Waals surface area contributed by atoms with E-state index < -0.39 is 0 Å². The molecule has 20 heavy (non-hydrogen) atoms. The fourth-order valence-corrected chi connectivity index (χ4v) is 2.72. The Morgan fingerprint density at radius 1 is 0.800 bits per heavy atom. The minimum absolute atomic E-state index is 0.507. The maximum Gasteiger partial charge on any atom is 0.0457 e. The van der Waals surface area contributed by atoms with Crippen molar-refractivity contribution in [1.82, 2.24) is 0 Å². The van der Waals surface area contributed by atoms with Gasteiger partial charge in [0.15, 0.2) is 0 Å². The molecule has 0 aromatic heterocycles. The van der Waals surface area contributed by atoms with Crippen LogP contribution in [0, 0.1) is 0 Å². The standard InChI is InChI=1S/C18H24NP/c1-12(2)14-8-7-9-15(13(3)4)18(14)19-16-10-5-6-11-17(16)20/h5-13,19H,20H2,1-4H3. The van der Waals surface area contributed by atoms with E-state index in [0.717, 1.165) is 5.69 Å². The molecule has 1 atom stereocenters. The molecule has 2 heteroatoms. The highest BCUT2D eigenvalue weighted by atomic mass is 31.0. The molecule has 2 rings (SSSR count). The molecule has 0 aliphatic carbocycles. The van der Waals surface area contributed by atoms with Crippen molar-refractivity contribution in [3.05, 3.63) is 53.6 Å². The summed E-state index contributed by atoms with van der Waals surface area (Å²) in [5, 5.41) is 4.85. The van der Waals surface area contributed by atoms with Crippen LogP contribution in [0.15, 0.2) is 42.5 Å². The molecule has 0 spiro atoms. The van der Waals surface area contributed by atoms with Crippen LogP contribution >= 0.6 is 9.24 Å². The molecular weight excluding hydrogens is 261 g/mol. The van der Waals surface area contributed by atoms with Crippen LogP contribution in [0.5, 0.6) is 0 Å². The lowest BCUT2D eigenvalue weighted by Crippen LogP contribution is -2.07. The SMILES string of the molecule is CC(C)c1cccc(C(C)C)c1Nc1ccccc1P. The van der Waals surface area contributed by atoms with Crippen molar-refractivity contribution in [2.45, 2.75) is 39.5 Å². The number of anilines is 2. The molecule has 0 radical (unpaired) electrons.